The van der Waals surface area contributed by atoms with Gasteiger partial charge in [-0.05, 0) is 30.3 Å². The van der Waals surface area contributed by atoms with E-state index in [1.54, 1.807) is 18.2 Å². The zero-order valence-electron chi connectivity index (χ0n) is 10.9. The second-order valence-corrected chi connectivity index (χ2v) is 5.83. The average molecular weight is 293 g/mol. The van der Waals surface area contributed by atoms with Gasteiger partial charge < -0.3 is 10.4 Å². The first kappa shape index (κ1) is 16.2. The van der Waals surface area contributed by atoms with Gasteiger partial charge in [-0.2, -0.15) is 13.2 Å². The largest absolute Gasteiger partial charge is 0.446 e. The quantitative estimate of drug-likeness (QED) is 0.774. The molecule has 0 spiro atoms. The molecule has 108 valence electrons. The minimum absolute atomic E-state index is 0.00885. The summed E-state index contributed by atoms with van der Waals surface area (Å²) in [6.45, 7) is 4.24. The summed E-state index contributed by atoms with van der Waals surface area (Å²) in [5.74, 6) is 0. The number of halogens is 3. The first-order chi connectivity index (χ1) is 8.79. The third-order valence-corrected chi connectivity index (χ3v) is 3.86. The molecule has 19 heavy (non-hydrogen) atoms. The van der Waals surface area contributed by atoms with Crippen molar-refractivity contribution in [2.75, 3.05) is 18.5 Å². The van der Waals surface area contributed by atoms with E-state index in [0.717, 1.165) is 6.42 Å². The molecule has 1 rings (SSSR count). The molecule has 2 nitrogen and oxygen atoms in total. The lowest BCUT2D eigenvalue weighted by atomic mass is 9.88. The van der Waals surface area contributed by atoms with E-state index in [1.807, 2.05) is 13.8 Å². The predicted octanol–water partition coefficient (Wildman–Crippen LogP) is 4.12. The second-order valence-electron chi connectivity index (χ2n) is 4.72. The molecule has 0 amide bonds. The summed E-state index contributed by atoms with van der Waals surface area (Å²) >= 11 is -0.132. The Balaban J connectivity index is 2.78. The summed E-state index contributed by atoms with van der Waals surface area (Å²) in [7, 11) is 0. The summed E-state index contributed by atoms with van der Waals surface area (Å²) in [6, 6.07) is 6.31. The second kappa shape index (κ2) is 6.52. The molecule has 0 bridgehead atoms. The van der Waals surface area contributed by atoms with Gasteiger partial charge >= 0.3 is 5.51 Å². The Bertz CT molecular complexity index is 405. The van der Waals surface area contributed by atoms with Crippen LogP contribution in [0.25, 0.3) is 0 Å². The number of alkyl halides is 3. The Labute approximate surface area is 115 Å². The fraction of sp³-hybridized carbons (Fsp3) is 0.538. The van der Waals surface area contributed by atoms with Gasteiger partial charge in [0.05, 0.1) is 6.61 Å². The van der Waals surface area contributed by atoms with Crippen LogP contribution < -0.4 is 5.32 Å². The van der Waals surface area contributed by atoms with Crippen LogP contribution in [-0.4, -0.2) is 23.8 Å². The molecule has 1 aromatic rings. The van der Waals surface area contributed by atoms with E-state index in [0.29, 0.717) is 12.2 Å². The van der Waals surface area contributed by atoms with Gasteiger partial charge in [0.2, 0.25) is 0 Å². The van der Waals surface area contributed by atoms with Crippen LogP contribution in [-0.2, 0) is 0 Å². The zero-order chi connectivity index (χ0) is 14.5. The lowest BCUT2D eigenvalue weighted by molar-refractivity contribution is -0.0327. The van der Waals surface area contributed by atoms with Crippen LogP contribution in [0.15, 0.2) is 29.2 Å². The van der Waals surface area contributed by atoms with Crippen molar-refractivity contribution in [2.24, 2.45) is 5.41 Å². The van der Waals surface area contributed by atoms with Crippen LogP contribution in [0.1, 0.15) is 20.3 Å². The lowest BCUT2D eigenvalue weighted by Gasteiger charge is -2.27. The summed E-state index contributed by atoms with van der Waals surface area (Å²) in [5, 5.41) is 12.3. The van der Waals surface area contributed by atoms with Gasteiger partial charge in [0, 0.05) is 22.5 Å². The molecule has 1 aromatic carbocycles. The van der Waals surface area contributed by atoms with E-state index in [9.17, 15) is 18.3 Å². The molecule has 0 saturated heterocycles. The Morgan fingerprint density at radius 1 is 1.26 bits per heavy atom. The van der Waals surface area contributed by atoms with E-state index in [1.165, 1.54) is 6.07 Å². The molecule has 0 radical (unpaired) electrons. The normalized spacial score (nSPS) is 15.1. The smallest absolute Gasteiger partial charge is 0.396 e. The van der Waals surface area contributed by atoms with Crippen molar-refractivity contribution in [3.63, 3.8) is 0 Å². The highest BCUT2D eigenvalue weighted by atomic mass is 32.2. The van der Waals surface area contributed by atoms with E-state index < -0.39 is 5.51 Å². The fourth-order valence-electron chi connectivity index (χ4n) is 1.43. The van der Waals surface area contributed by atoms with Crippen LogP contribution in [0.2, 0.25) is 0 Å². The highest BCUT2D eigenvalue weighted by Gasteiger charge is 2.30. The van der Waals surface area contributed by atoms with E-state index in [-0.39, 0.29) is 28.7 Å². The van der Waals surface area contributed by atoms with Crippen molar-refractivity contribution in [3.05, 3.63) is 24.3 Å². The Morgan fingerprint density at radius 3 is 2.42 bits per heavy atom. The molecule has 0 aromatic heterocycles. The van der Waals surface area contributed by atoms with Crippen LogP contribution in [0, 0.1) is 5.41 Å². The number of aliphatic hydroxyl groups excluding tert-OH is 1. The van der Waals surface area contributed by atoms with E-state index in [2.05, 4.69) is 5.32 Å². The van der Waals surface area contributed by atoms with Gasteiger partial charge in [-0.15, -0.1) is 0 Å². The molecule has 1 unspecified atom stereocenters. The first-order valence-corrected chi connectivity index (χ1v) is 6.81. The summed E-state index contributed by atoms with van der Waals surface area (Å²) in [6.07, 6.45) is 0.741. The third-order valence-electron chi connectivity index (χ3n) is 3.05. The van der Waals surface area contributed by atoms with E-state index in [4.69, 9.17) is 0 Å². The fourth-order valence-corrected chi connectivity index (χ4v) is 2.07. The van der Waals surface area contributed by atoms with Gasteiger partial charge in [0.15, 0.2) is 0 Å². The van der Waals surface area contributed by atoms with Crippen LogP contribution >= 0.6 is 11.8 Å². The van der Waals surface area contributed by atoms with Crippen molar-refractivity contribution < 1.29 is 18.3 Å². The third kappa shape index (κ3) is 5.32. The Hall–Kier alpha value is -0.880. The van der Waals surface area contributed by atoms with Crippen LogP contribution in [0.4, 0.5) is 18.9 Å². The Morgan fingerprint density at radius 2 is 1.89 bits per heavy atom. The van der Waals surface area contributed by atoms with Crippen molar-refractivity contribution in [1.29, 1.82) is 0 Å². The first-order valence-electron chi connectivity index (χ1n) is 5.99. The van der Waals surface area contributed by atoms with Crippen LogP contribution in [0.3, 0.4) is 0 Å². The topological polar surface area (TPSA) is 32.3 Å². The van der Waals surface area contributed by atoms with Crippen molar-refractivity contribution >= 4 is 17.4 Å². The van der Waals surface area contributed by atoms with Gasteiger partial charge in [-0.3, -0.25) is 0 Å². The number of nitrogens with one attached hydrogen (secondary N) is 1. The maximum Gasteiger partial charge on any atom is 0.446 e. The number of thioether (sulfide) groups is 1. The molecule has 0 aliphatic rings. The zero-order valence-corrected chi connectivity index (χ0v) is 11.7. The number of para-hydroxylation sites is 1. The number of aliphatic hydroxyl groups is 1. The standard InChI is InChI=1S/C13H18F3NOS/c1-3-12(2,9-18)8-17-10-6-4-5-7-11(10)19-13(14,15)16/h4-7,17-18H,3,8-9H2,1-2H3. The summed E-state index contributed by atoms with van der Waals surface area (Å²) in [5.41, 5.74) is -4.20. The number of rotatable bonds is 6. The van der Waals surface area contributed by atoms with Gasteiger partial charge in [0.1, 0.15) is 0 Å². The van der Waals surface area contributed by atoms with Gasteiger partial charge in [-0.25, -0.2) is 0 Å². The molecule has 0 heterocycles. The number of anilines is 1. The maximum absolute atomic E-state index is 12.4. The van der Waals surface area contributed by atoms with Crippen molar-refractivity contribution in [1.82, 2.24) is 0 Å². The lowest BCUT2D eigenvalue weighted by Crippen LogP contribution is -2.29. The minimum atomic E-state index is -4.30. The minimum Gasteiger partial charge on any atom is -0.396 e. The van der Waals surface area contributed by atoms with Crippen LogP contribution in [0.5, 0.6) is 0 Å². The molecule has 1 atom stereocenters. The van der Waals surface area contributed by atoms with E-state index >= 15 is 0 Å². The van der Waals surface area contributed by atoms with Crippen molar-refractivity contribution in [3.8, 4) is 0 Å². The molecule has 0 saturated carbocycles. The molecule has 0 fully saturated rings. The highest BCUT2D eigenvalue weighted by Crippen LogP contribution is 2.40. The molecule has 6 heteroatoms. The van der Waals surface area contributed by atoms with Gasteiger partial charge in [-0.1, -0.05) is 26.0 Å². The number of hydrogen-bond donors (Lipinski definition) is 2. The predicted molar refractivity (Wildman–Crippen MR) is 72.3 cm³/mol. The molecule has 0 aliphatic heterocycles. The SMILES string of the molecule is CCC(C)(CO)CNc1ccccc1SC(F)(F)F. The molecular weight excluding hydrogens is 275 g/mol. The molecule has 0 aliphatic carbocycles. The Kier molecular flexibility index (Phi) is 5.55. The van der Waals surface area contributed by atoms with Gasteiger partial charge in [0.25, 0.3) is 0 Å². The highest BCUT2D eigenvalue weighted by molar-refractivity contribution is 8.00. The molecular formula is C13H18F3NOS. The number of hydrogen-bond acceptors (Lipinski definition) is 3. The summed E-state index contributed by atoms with van der Waals surface area (Å²) in [4.78, 5) is 0.145. The monoisotopic (exact) mass is 293 g/mol. The van der Waals surface area contributed by atoms with Crippen molar-refractivity contribution in [2.45, 2.75) is 30.7 Å². The molecule has 2 N–H and O–H groups in total. The number of benzene rings is 1. The summed E-state index contributed by atoms with van der Waals surface area (Å²) < 4.78 is 37.3. The average Bonchev–Trinajstić information content (AvgIpc) is 2.35. The maximum atomic E-state index is 12.4.